The monoisotopic (exact) mass is 324 g/mol. The van der Waals surface area contributed by atoms with Crippen LogP contribution in [0.3, 0.4) is 0 Å². The summed E-state index contributed by atoms with van der Waals surface area (Å²) in [5.74, 6) is -0.308. The molecule has 1 saturated heterocycles. The van der Waals surface area contributed by atoms with Crippen LogP contribution in [0.5, 0.6) is 0 Å². The molecule has 0 spiro atoms. The maximum atomic E-state index is 10.8. The van der Waals surface area contributed by atoms with Crippen LogP contribution in [-0.4, -0.2) is 24.8 Å². The van der Waals surface area contributed by atoms with Gasteiger partial charge >= 0.3 is 5.97 Å². The molecule has 1 aliphatic heterocycles. The Morgan fingerprint density at radius 1 is 0.913 bits per heavy atom. The summed E-state index contributed by atoms with van der Waals surface area (Å²) < 4.78 is 10.7. The normalized spacial score (nSPS) is 19.5. The van der Waals surface area contributed by atoms with Crippen molar-refractivity contribution in [2.45, 2.75) is 103 Å². The summed E-state index contributed by atoms with van der Waals surface area (Å²) in [7, 11) is 0. The van der Waals surface area contributed by atoms with E-state index in [0.29, 0.717) is 18.8 Å². The van der Waals surface area contributed by atoms with Gasteiger partial charge in [0.15, 0.2) is 0 Å². The molecule has 0 amide bonds. The van der Waals surface area contributed by atoms with Crippen molar-refractivity contribution in [2.75, 3.05) is 6.61 Å². The van der Waals surface area contributed by atoms with Crippen LogP contribution in [-0.2, 0) is 14.3 Å². The molecule has 3 nitrogen and oxygen atoms in total. The number of rotatable bonds is 16. The van der Waals surface area contributed by atoms with Gasteiger partial charge in [-0.15, -0.1) is 0 Å². The quantitative estimate of drug-likeness (QED) is 0.161. The van der Waals surface area contributed by atoms with Gasteiger partial charge in [-0.25, -0.2) is 4.79 Å². The number of hydrogen-bond acceptors (Lipinski definition) is 3. The Kier molecular flexibility index (Phi) is 11.9. The first-order valence-electron chi connectivity index (χ1n) is 9.72. The summed E-state index contributed by atoms with van der Waals surface area (Å²) in [5.41, 5.74) is 0. The van der Waals surface area contributed by atoms with E-state index >= 15 is 0 Å². The van der Waals surface area contributed by atoms with E-state index in [-0.39, 0.29) is 5.97 Å². The average Bonchev–Trinajstić information content (AvgIpc) is 3.30. The van der Waals surface area contributed by atoms with Crippen LogP contribution in [0.1, 0.15) is 90.4 Å². The summed E-state index contributed by atoms with van der Waals surface area (Å²) in [6, 6.07) is 0. The fourth-order valence-corrected chi connectivity index (χ4v) is 3.02. The minimum Gasteiger partial charge on any atom is -0.463 e. The molecule has 1 aliphatic rings. The SMILES string of the molecule is C=CC(=O)OCCCCCCCCCCC1OC1CCCCC. The molecule has 0 aliphatic carbocycles. The predicted octanol–water partition coefficient (Wildman–Crippen LogP) is 5.57. The molecule has 1 fully saturated rings. The van der Waals surface area contributed by atoms with Gasteiger partial charge in [0.2, 0.25) is 0 Å². The molecule has 2 atom stereocenters. The van der Waals surface area contributed by atoms with Gasteiger partial charge in [-0.3, -0.25) is 0 Å². The van der Waals surface area contributed by atoms with Crippen molar-refractivity contribution in [2.24, 2.45) is 0 Å². The number of ether oxygens (including phenoxy) is 2. The molecule has 1 rings (SSSR count). The maximum absolute atomic E-state index is 10.8. The number of esters is 1. The highest BCUT2D eigenvalue weighted by molar-refractivity contribution is 5.81. The standard InChI is InChI=1S/C20H36O3/c1-3-5-12-15-18-19(23-18)16-13-10-8-6-7-9-11-14-17-22-20(21)4-2/h4,18-19H,2-3,5-17H2,1H3. The highest BCUT2D eigenvalue weighted by Gasteiger charge is 2.36. The van der Waals surface area contributed by atoms with Crippen LogP contribution in [0.25, 0.3) is 0 Å². The highest BCUT2D eigenvalue weighted by atomic mass is 16.6. The van der Waals surface area contributed by atoms with Gasteiger partial charge < -0.3 is 9.47 Å². The fraction of sp³-hybridized carbons (Fsp3) is 0.850. The van der Waals surface area contributed by atoms with E-state index in [1.807, 2.05) is 0 Å². The Labute approximate surface area is 142 Å². The number of unbranched alkanes of at least 4 members (excludes halogenated alkanes) is 9. The molecular formula is C20H36O3. The highest BCUT2D eigenvalue weighted by Crippen LogP contribution is 2.31. The molecular weight excluding hydrogens is 288 g/mol. The van der Waals surface area contributed by atoms with Crippen molar-refractivity contribution < 1.29 is 14.3 Å². The Balaban J connectivity index is 1.73. The minimum absolute atomic E-state index is 0.308. The Morgan fingerprint density at radius 2 is 1.43 bits per heavy atom. The van der Waals surface area contributed by atoms with E-state index in [4.69, 9.17) is 9.47 Å². The average molecular weight is 325 g/mol. The van der Waals surface area contributed by atoms with Gasteiger partial charge in [0, 0.05) is 6.08 Å². The van der Waals surface area contributed by atoms with Gasteiger partial charge in [-0.05, 0) is 19.3 Å². The zero-order valence-electron chi connectivity index (χ0n) is 15.1. The lowest BCUT2D eigenvalue weighted by Gasteiger charge is -2.03. The molecule has 0 N–H and O–H groups in total. The fourth-order valence-electron chi connectivity index (χ4n) is 3.02. The smallest absolute Gasteiger partial charge is 0.330 e. The van der Waals surface area contributed by atoms with Gasteiger partial charge in [0.05, 0.1) is 18.8 Å². The van der Waals surface area contributed by atoms with E-state index in [9.17, 15) is 4.79 Å². The Hall–Kier alpha value is -0.830. The second kappa shape index (κ2) is 13.6. The molecule has 0 aromatic rings. The van der Waals surface area contributed by atoms with Crippen molar-refractivity contribution in [1.82, 2.24) is 0 Å². The number of carbonyl (C=O) groups is 1. The van der Waals surface area contributed by atoms with Crippen LogP contribution < -0.4 is 0 Å². The molecule has 134 valence electrons. The number of epoxide rings is 1. The van der Waals surface area contributed by atoms with Crippen LogP contribution >= 0.6 is 0 Å². The van der Waals surface area contributed by atoms with Gasteiger partial charge in [0.25, 0.3) is 0 Å². The predicted molar refractivity (Wildman–Crippen MR) is 95.5 cm³/mol. The largest absolute Gasteiger partial charge is 0.463 e. The molecule has 2 unspecified atom stereocenters. The van der Waals surface area contributed by atoms with E-state index in [1.165, 1.54) is 76.7 Å². The van der Waals surface area contributed by atoms with Crippen LogP contribution in [0.4, 0.5) is 0 Å². The Bertz CT molecular complexity index is 314. The summed E-state index contributed by atoms with van der Waals surface area (Å²) >= 11 is 0. The molecule has 0 radical (unpaired) electrons. The molecule has 0 aromatic heterocycles. The van der Waals surface area contributed by atoms with E-state index in [1.54, 1.807) is 0 Å². The summed E-state index contributed by atoms with van der Waals surface area (Å²) in [6.07, 6.45) is 19.0. The summed E-state index contributed by atoms with van der Waals surface area (Å²) in [6.45, 7) is 6.16. The van der Waals surface area contributed by atoms with Crippen molar-refractivity contribution >= 4 is 5.97 Å². The lowest BCUT2D eigenvalue weighted by atomic mass is 10.0. The van der Waals surface area contributed by atoms with Crippen molar-refractivity contribution in [3.63, 3.8) is 0 Å². The lowest BCUT2D eigenvalue weighted by molar-refractivity contribution is -0.137. The molecule has 0 aromatic carbocycles. The number of hydrogen-bond donors (Lipinski definition) is 0. The third-order valence-electron chi connectivity index (χ3n) is 4.57. The molecule has 0 bridgehead atoms. The van der Waals surface area contributed by atoms with Gasteiger partial charge in [-0.2, -0.15) is 0 Å². The topological polar surface area (TPSA) is 38.8 Å². The van der Waals surface area contributed by atoms with E-state index in [0.717, 1.165) is 12.8 Å². The van der Waals surface area contributed by atoms with Crippen molar-refractivity contribution in [3.8, 4) is 0 Å². The minimum atomic E-state index is -0.308. The lowest BCUT2D eigenvalue weighted by Crippen LogP contribution is -2.01. The third kappa shape index (κ3) is 11.4. The zero-order chi connectivity index (χ0) is 16.8. The van der Waals surface area contributed by atoms with Crippen molar-refractivity contribution in [3.05, 3.63) is 12.7 Å². The first-order valence-corrected chi connectivity index (χ1v) is 9.72. The van der Waals surface area contributed by atoms with Crippen molar-refractivity contribution in [1.29, 1.82) is 0 Å². The Morgan fingerprint density at radius 3 is 2.00 bits per heavy atom. The first-order chi connectivity index (χ1) is 11.3. The second-order valence-electron chi connectivity index (χ2n) is 6.70. The van der Waals surface area contributed by atoms with Crippen LogP contribution in [0, 0.1) is 0 Å². The first kappa shape index (κ1) is 20.2. The zero-order valence-corrected chi connectivity index (χ0v) is 15.1. The molecule has 0 saturated carbocycles. The number of carbonyl (C=O) groups excluding carboxylic acids is 1. The van der Waals surface area contributed by atoms with Crippen LogP contribution in [0.15, 0.2) is 12.7 Å². The summed E-state index contributed by atoms with van der Waals surface area (Å²) in [4.78, 5) is 10.8. The molecule has 23 heavy (non-hydrogen) atoms. The van der Waals surface area contributed by atoms with Crippen LogP contribution in [0.2, 0.25) is 0 Å². The summed E-state index contributed by atoms with van der Waals surface area (Å²) in [5, 5.41) is 0. The maximum Gasteiger partial charge on any atom is 0.330 e. The van der Waals surface area contributed by atoms with E-state index in [2.05, 4.69) is 13.5 Å². The third-order valence-corrected chi connectivity index (χ3v) is 4.57. The molecule has 1 heterocycles. The van der Waals surface area contributed by atoms with Gasteiger partial charge in [0.1, 0.15) is 0 Å². The second-order valence-corrected chi connectivity index (χ2v) is 6.70. The van der Waals surface area contributed by atoms with Gasteiger partial charge in [-0.1, -0.05) is 77.7 Å². The molecule has 3 heteroatoms. The van der Waals surface area contributed by atoms with E-state index < -0.39 is 0 Å².